The summed E-state index contributed by atoms with van der Waals surface area (Å²) in [5.41, 5.74) is 1.26. The van der Waals surface area contributed by atoms with Crippen molar-refractivity contribution in [1.82, 2.24) is 9.78 Å². The fourth-order valence-electron chi connectivity index (χ4n) is 3.67. The van der Waals surface area contributed by atoms with Crippen LogP contribution >= 0.6 is 12.2 Å². The Bertz CT molecular complexity index is 915. The molecule has 0 radical (unpaired) electrons. The van der Waals surface area contributed by atoms with Gasteiger partial charge in [0.2, 0.25) is 5.89 Å². The molecule has 0 saturated carbocycles. The van der Waals surface area contributed by atoms with Gasteiger partial charge in [-0.1, -0.05) is 18.2 Å². The number of anilines is 1. The molecule has 2 aliphatic heterocycles. The second-order valence-corrected chi connectivity index (χ2v) is 9.61. The zero-order valence-electron chi connectivity index (χ0n) is 14.5. The molecule has 140 valence electrons. The van der Waals surface area contributed by atoms with Gasteiger partial charge in [-0.3, -0.25) is 0 Å². The van der Waals surface area contributed by atoms with Crippen LogP contribution in [-0.4, -0.2) is 55.9 Å². The number of para-hydroxylation sites is 1. The molecule has 4 rings (SSSR count). The van der Waals surface area contributed by atoms with Crippen molar-refractivity contribution in [3.63, 3.8) is 0 Å². The highest BCUT2D eigenvalue weighted by Gasteiger charge is 2.33. The van der Waals surface area contributed by atoms with Gasteiger partial charge in [-0.2, -0.15) is 4.68 Å². The van der Waals surface area contributed by atoms with E-state index in [9.17, 15) is 8.42 Å². The summed E-state index contributed by atoms with van der Waals surface area (Å²) in [6.07, 6.45) is 0.570. The molecule has 9 heteroatoms. The predicted octanol–water partition coefficient (Wildman–Crippen LogP) is 0.470. The summed E-state index contributed by atoms with van der Waals surface area (Å²) >= 11 is 5.29. The molecule has 0 bridgehead atoms. The zero-order valence-corrected chi connectivity index (χ0v) is 16.1. The first kappa shape index (κ1) is 17.7. The molecule has 2 aromatic rings. The Hall–Kier alpha value is -1.71. The Labute approximate surface area is 158 Å². The van der Waals surface area contributed by atoms with E-state index in [1.54, 1.807) is 4.68 Å². The Balaban J connectivity index is 1.38. The fraction of sp³-hybridized carbons (Fsp3) is 0.529. The predicted molar refractivity (Wildman–Crippen MR) is 101 cm³/mol. The van der Waals surface area contributed by atoms with Gasteiger partial charge >= 0.3 is 0 Å². The minimum Gasteiger partial charge on any atom is -0.413 e. The Kier molecular flexibility index (Phi) is 4.85. The summed E-state index contributed by atoms with van der Waals surface area (Å²) in [7, 11) is -2.96. The number of nitrogens with one attached hydrogen (secondary N) is 1. The van der Waals surface area contributed by atoms with Gasteiger partial charge in [-0.05, 0) is 30.8 Å². The molecule has 3 heterocycles. The van der Waals surface area contributed by atoms with Crippen LogP contribution in [0.15, 0.2) is 34.7 Å². The summed E-state index contributed by atoms with van der Waals surface area (Å²) in [5.74, 6) is 0.635. The third kappa shape index (κ3) is 3.84. The van der Waals surface area contributed by atoms with Crippen LogP contribution in [0.3, 0.4) is 0 Å². The third-order valence-electron chi connectivity index (χ3n) is 5.17. The van der Waals surface area contributed by atoms with Crippen LogP contribution in [0.4, 0.5) is 5.69 Å². The Morgan fingerprint density at radius 3 is 2.62 bits per heavy atom. The standard InChI is InChI=1S/C17H22N4O3S2/c22-26(23)11-6-14(12-26)16-18-21(17(25)24-16)13-19-7-9-20(10-8-19)15-4-2-1-3-5-15/h1-5,14H,6-13H2/p+1/t14-/m1/s1. The highest BCUT2D eigenvalue weighted by molar-refractivity contribution is 7.91. The minimum absolute atomic E-state index is 0.116. The van der Waals surface area contributed by atoms with E-state index in [2.05, 4.69) is 34.3 Å². The third-order valence-corrected chi connectivity index (χ3v) is 7.23. The monoisotopic (exact) mass is 395 g/mol. The molecule has 26 heavy (non-hydrogen) atoms. The molecular formula is C17H23N4O3S2+. The molecule has 2 fully saturated rings. The van der Waals surface area contributed by atoms with Crippen molar-refractivity contribution in [1.29, 1.82) is 0 Å². The molecule has 1 aromatic carbocycles. The molecule has 0 amide bonds. The van der Waals surface area contributed by atoms with E-state index >= 15 is 0 Å². The molecule has 1 aromatic heterocycles. The van der Waals surface area contributed by atoms with E-state index in [-0.39, 0.29) is 17.4 Å². The lowest BCUT2D eigenvalue weighted by Gasteiger charge is -2.33. The average molecular weight is 396 g/mol. The van der Waals surface area contributed by atoms with E-state index in [0.29, 0.717) is 23.8 Å². The lowest BCUT2D eigenvalue weighted by molar-refractivity contribution is -0.924. The first-order valence-electron chi connectivity index (χ1n) is 8.92. The average Bonchev–Trinajstić information content (AvgIpc) is 3.19. The normalized spacial score (nSPS) is 23.4. The van der Waals surface area contributed by atoms with Gasteiger partial charge in [0.25, 0.3) is 4.84 Å². The summed E-state index contributed by atoms with van der Waals surface area (Å²) in [5, 5.41) is 4.48. The van der Waals surface area contributed by atoms with Gasteiger partial charge in [0.1, 0.15) is 0 Å². The fourth-order valence-corrected chi connectivity index (χ4v) is 5.59. The van der Waals surface area contributed by atoms with Gasteiger partial charge < -0.3 is 14.2 Å². The number of aromatic nitrogens is 2. The van der Waals surface area contributed by atoms with Crippen LogP contribution in [0.25, 0.3) is 0 Å². The molecule has 2 aliphatic rings. The highest BCUT2D eigenvalue weighted by atomic mass is 32.2. The maximum atomic E-state index is 11.7. The van der Waals surface area contributed by atoms with Crippen molar-refractivity contribution in [3.05, 3.63) is 41.1 Å². The van der Waals surface area contributed by atoms with Crippen LogP contribution < -0.4 is 9.80 Å². The van der Waals surface area contributed by atoms with Crippen LogP contribution in [0, 0.1) is 4.84 Å². The number of hydrogen-bond acceptors (Lipinski definition) is 6. The molecular weight excluding hydrogens is 372 g/mol. The number of piperazine rings is 1. The maximum Gasteiger partial charge on any atom is 0.291 e. The molecule has 1 atom stereocenters. The maximum absolute atomic E-state index is 11.7. The largest absolute Gasteiger partial charge is 0.413 e. The van der Waals surface area contributed by atoms with E-state index in [4.69, 9.17) is 16.6 Å². The van der Waals surface area contributed by atoms with Crippen molar-refractivity contribution < 1.29 is 17.7 Å². The van der Waals surface area contributed by atoms with Gasteiger partial charge in [0, 0.05) is 5.69 Å². The van der Waals surface area contributed by atoms with E-state index < -0.39 is 9.84 Å². The smallest absolute Gasteiger partial charge is 0.291 e. The van der Waals surface area contributed by atoms with Crippen molar-refractivity contribution in [2.24, 2.45) is 0 Å². The number of quaternary nitrogens is 1. The van der Waals surface area contributed by atoms with Crippen molar-refractivity contribution >= 4 is 27.7 Å². The zero-order chi connectivity index (χ0) is 18.1. The molecule has 7 nitrogen and oxygen atoms in total. The summed E-state index contributed by atoms with van der Waals surface area (Å²) in [6.45, 7) is 4.62. The molecule has 0 unspecified atom stereocenters. The number of nitrogens with zero attached hydrogens (tertiary/aromatic N) is 3. The van der Waals surface area contributed by atoms with Gasteiger partial charge in [-0.15, -0.1) is 5.10 Å². The lowest BCUT2D eigenvalue weighted by Crippen LogP contribution is -3.14. The number of benzene rings is 1. The second kappa shape index (κ2) is 7.13. The highest BCUT2D eigenvalue weighted by Crippen LogP contribution is 2.27. The molecule has 0 spiro atoms. The topological polar surface area (TPSA) is 72.8 Å². The van der Waals surface area contributed by atoms with Gasteiger partial charge in [0.15, 0.2) is 16.5 Å². The van der Waals surface area contributed by atoms with Crippen LogP contribution in [0.5, 0.6) is 0 Å². The van der Waals surface area contributed by atoms with Crippen LogP contribution in [0.1, 0.15) is 18.2 Å². The first-order valence-corrected chi connectivity index (χ1v) is 11.1. The second-order valence-electron chi connectivity index (χ2n) is 7.04. The van der Waals surface area contributed by atoms with Crippen molar-refractivity contribution in [2.45, 2.75) is 19.0 Å². The molecule has 2 saturated heterocycles. The summed E-state index contributed by atoms with van der Waals surface area (Å²) in [4.78, 5) is 4.12. The molecule has 1 N–H and O–H groups in total. The minimum atomic E-state index is -2.96. The quantitative estimate of drug-likeness (QED) is 0.759. The van der Waals surface area contributed by atoms with Crippen LogP contribution in [0.2, 0.25) is 0 Å². The SMILES string of the molecule is O=S1(=O)CC[C@@H](c2nn(C[NH+]3CCN(c4ccccc4)CC3)c(=S)o2)C1. The molecule has 0 aliphatic carbocycles. The lowest BCUT2D eigenvalue weighted by atomic mass is 10.1. The van der Waals surface area contributed by atoms with Gasteiger partial charge in [0.05, 0.1) is 43.6 Å². The van der Waals surface area contributed by atoms with E-state index in [0.717, 1.165) is 26.2 Å². The van der Waals surface area contributed by atoms with Gasteiger partial charge in [-0.25, -0.2) is 8.42 Å². The summed E-state index contributed by atoms with van der Waals surface area (Å²) in [6, 6.07) is 10.4. The van der Waals surface area contributed by atoms with Crippen LogP contribution in [-0.2, 0) is 16.5 Å². The van der Waals surface area contributed by atoms with Crippen molar-refractivity contribution in [3.8, 4) is 0 Å². The Morgan fingerprint density at radius 1 is 1.23 bits per heavy atom. The summed E-state index contributed by atoms with van der Waals surface area (Å²) < 4.78 is 30.6. The number of sulfone groups is 1. The van der Waals surface area contributed by atoms with E-state index in [1.165, 1.54) is 10.6 Å². The van der Waals surface area contributed by atoms with E-state index in [1.807, 2.05) is 6.07 Å². The number of hydrogen-bond donors (Lipinski definition) is 1. The van der Waals surface area contributed by atoms with Crippen molar-refractivity contribution in [2.75, 3.05) is 42.6 Å². The Morgan fingerprint density at radius 2 is 1.96 bits per heavy atom. The first-order chi connectivity index (χ1) is 12.5. The number of rotatable bonds is 4.